The fraction of sp³-hybridized carbons (Fsp3) is 0.0556. The van der Waals surface area contributed by atoms with Crippen LogP contribution >= 0.6 is 0 Å². The molecule has 0 aromatic heterocycles. The minimum atomic E-state index is -2.21. The summed E-state index contributed by atoms with van der Waals surface area (Å²) in [6.07, 6.45) is 0. The maximum Gasteiger partial charge on any atom is 0.258 e. The summed E-state index contributed by atoms with van der Waals surface area (Å²) in [5.74, 6) is -10.4. The summed E-state index contributed by atoms with van der Waals surface area (Å²) in [6, 6.07) is 7.18. The minimum absolute atomic E-state index is 0.170. The molecule has 0 unspecified atom stereocenters. The number of halogens is 5. The Kier molecular flexibility index (Phi) is 3.12. The Morgan fingerprint density at radius 1 is 0.760 bits per heavy atom. The highest BCUT2D eigenvalue weighted by Crippen LogP contribution is 2.43. The van der Waals surface area contributed by atoms with Crippen molar-refractivity contribution in [3.8, 4) is 11.1 Å². The molecule has 0 fully saturated rings. The Morgan fingerprint density at radius 3 is 2.00 bits per heavy atom. The van der Waals surface area contributed by atoms with Gasteiger partial charge in [0.15, 0.2) is 23.3 Å². The number of hydrogen-bond donors (Lipinski definition) is 0. The quantitative estimate of drug-likeness (QED) is 0.351. The van der Waals surface area contributed by atoms with Gasteiger partial charge in [0.2, 0.25) is 5.82 Å². The average Bonchev–Trinajstić information content (AvgIpc) is 2.87. The number of carbonyl (C=O) groups is 1. The van der Waals surface area contributed by atoms with Crippen molar-refractivity contribution in [2.24, 2.45) is 0 Å². The summed E-state index contributed by atoms with van der Waals surface area (Å²) in [5.41, 5.74) is -0.373. The van der Waals surface area contributed by atoms with Crippen molar-refractivity contribution in [3.05, 3.63) is 65.0 Å². The van der Waals surface area contributed by atoms with E-state index in [9.17, 15) is 26.7 Å². The molecule has 0 aliphatic carbocycles. The molecule has 1 aliphatic heterocycles. The first-order valence-electron chi connectivity index (χ1n) is 7.20. The van der Waals surface area contributed by atoms with E-state index in [1.807, 2.05) is 0 Å². The molecular weight excluding hydrogens is 341 g/mol. The summed E-state index contributed by atoms with van der Waals surface area (Å²) in [6.45, 7) is 0. The van der Waals surface area contributed by atoms with Crippen LogP contribution in [-0.2, 0) is 0 Å². The van der Waals surface area contributed by atoms with Gasteiger partial charge in [0.05, 0.1) is 11.3 Å². The van der Waals surface area contributed by atoms with E-state index in [0.29, 0.717) is 16.6 Å². The highest BCUT2D eigenvalue weighted by molar-refractivity contribution is 6.26. The zero-order valence-electron chi connectivity index (χ0n) is 12.6. The number of anilines is 1. The van der Waals surface area contributed by atoms with E-state index in [4.69, 9.17) is 0 Å². The highest BCUT2D eigenvalue weighted by Gasteiger charge is 2.31. The van der Waals surface area contributed by atoms with Crippen LogP contribution in [0.4, 0.5) is 27.6 Å². The van der Waals surface area contributed by atoms with Gasteiger partial charge in [0.25, 0.3) is 5.91 Å². The maximum absolute atomic E-state index is 14.2. The lowest BCUT2D eigenvalue weighted by atomic mass is 9.94. The van der Waals surface area contributed by atoms with Crippen LogP contribution in [0.2, 0.25) is 0 Å². The van der Waals surface area contributed by atoms with Crippen LogP contribution in [0.25, 0.3) is 21.9 Å². The van der Waals surface area contributed by atoms with Crippen molar-refractivity contribution in [2.75, 3.05) is 11.9 Å². The summed E-state index contributed by atoms with van der Waals surface area (Å²) in [7, 11) is 1.54. The first-order chi connectivity index (χ1) is 11.8. The predicted octanol–water partition coefficient (Wildman–Crippen LogP) is 4.79. The summed E-state index contributed by atoms with van der Waals surface area (Å²) in [5, 5.41) is 0.646. The average molecular weight is 349 g/mol. The largest absolute Gasteiger partial charge is 0.311 e. The molecule has 0 saturated heterocycles. The van der Waals surface area contributed by atoms with Crippen LogP contribution in [0.15, 0.2) is 30.3 Å². The lowest BCUT2D eigenvalue weighted by Crippen LogP contribution is -2.20. The number of amides is 1. The molecule has 0 saturated carbocycles. The topological polar surface area (TPSA) is 20.3 Å². The number of hydrogen-bond acceptors (Lipinski definition) is 1. The van der Waals surface area contributed by atoms with Gasteiger partial charge in [0.1, 0.15) is 0 Å². The van der Waals surface area contributed by atoms with E-state index < -0.39 is 34.6 Å². The van der Waals surface area contributed by atoms with Crippen LogP contribution in [0.3, 0.4) is 0 Å². The third kappa shape index (κ3) is 1.86. The number of rotatable bonds is 1. The standard InChI is InChI=1S/C18H8F5NO/c1-24-10-6-5-8(7-3-2-4-9(11(7)10)18(24)25)12-13(19)15(21)17(23)16(22)14(12)20/h2-6H,1H3. The van der Waals surface area contributed by atoms with Crippen molar-refractivity contribution >= 4 is 22.4 Å². The molecule has 1 amide bonds. The lowest BCUT2D eigenvalue weighted by Gasteiger charge is -2.13. The smallest absolute Gasteiger partial charge is 0.258 e. The Balaban J connectivity index is 2.15. The molecule has 0 N–H and O–H groups in total. The molecule has 1 heterocycles. The summed E-state index contributed by atoms with van der Waals surface area (Å²) >= 11 is 0. The molecular formula is C18H8F5NO. The van der Waals surface area contributed by atoms with Crippen molar-refractivity contribution in [1.29, 1.82) is 0 Å². The van der Waals surface area contributed by atoms with Gasteiger partial charge in [-0.1, -0.05) is 18.2 Å². The fourth-order valence-electron chi connectivity index (χ4n) is 3.20. The van der Waals surface area contributed by atoms with Crippen LogP contribution in [0.5, 0.6) is 0 Å². The third-order valence-corrected chi connectivity index (χ3v) is 4.39. The minimum Gasteiger partial charge on any atom is -0.311 e. The van der Waals surface area contributed by atoms with Crippen LogP contribution in [0.1, 0.15) is 10.4 Å². The van der Waals surface area contributed by atoms with Gasteiger partial charge >= 0.3 is 0 Å². The van der Waals surface area contributed by atoms with E-state index >= 15 is 0 Å². The molecule has 0 bridgehead atoms. The lowest BCUT2D eigenvalue weighted by molar-refractivity contribution is 0.0999. The van der Waals surface area contributed by atoms with E-state index in [1.54, 1.807) is 6.07 Å². The third-order valence-electron chi connectivity index (χ3n) is 4.39. The van der Waals surface area contributed by atoms with E-state index in [-0.39, 0.29) is 16.9 Å². The molecule has 0 atom stereocenters. The predicted molar refractivity (Wildman–Crippen MR) is 81.9 cm³/mol. The van der Waals surface area contributed by atoms with Crippen LogP contribution < -0.4 is 4.90 Å². The Morgan fingerprint density at radius 2 is 1.36 bits per heavy atom. The first kappa shape index (κ1) is 15.6. The Labute approximate surface area is 138 Å². The SMILES string of the molecule is CN1C(=O)c2cccc3c(-c4c(F)c(F)c(F)c(F)c4F)ccc1c23. The molecule has 2 nitrogen and oxygen atoms in total. The number of benzene rings is 3. The molecule has 3 aromatic carbocycles. The number of carbonyl (C=O) groups excluding carboxylic acids is 1. The van der Waals surface area contributed by atoms with E-state index in [2.05, 4.69) is 0 Å². The molecule has 0 spiro atoms. The van der Waals surface area contributed by atoms with E-state index in [1.165, 1.54) is 36.2 Å². The van der Waals surface area contributed by atoms with Crippen LogP contribution in [0, 0.1) is 29.1 Å². The molecule has 25 heavy (non-hydrogen) atoms. The van der Waals surface area contributed by atoms with Crippen molar-refractivity contribution < 1.29 is 26.7 Å². The Hall–Kier alpha value is -2.96. The van der Waals surface area contributed by atoms with Gasteiger partial charge in [0, 0.05) is 18.0 Å². The van der Waals surface area contributed by atoms with Gasteiger partial charge in [-0.25, -0.2) is 22.0 Å². The second kappa shape index (κ2) is 5.02. The van der Waals surface area contributed by atoms with Gasteiger partial charge < -0.3 is 4.90 Å². The van der Waals surface area contributed by atoms with E-state index in [0.717, 1.165) is 0 Å². The molecule has 4 rings (SSSR count). The van der Waals surface area contributed by atoms with Gasteiger partial charge in [-0.3, -0.25) is 4.79 Å². The van der Waals surface area contributed by atoms with Gasteiger partial charge in [-0.05, 0) is 23.1 Å². The van der Waals surface area contributed by atoms with Gasteiger partial charge in [-0.15, -0.1) is 0 Å². The molecule has 7 heteroatoms. The summed E-state index contributed by atoms with van der Waals surface area (Å²) in [4.78, 5) is 13.6. The normalized spacial score (nSPS) is 13.2. The zero-order valence-corrected chi connectivity index (χ0v) is 12.6. The summed E-state index contributed by atoms with van der Waals surface area (Å²) < 4.78 is 68.8. The highest BCUT2D eigenvalue weighted by atomic mass is 19.2. The monoisotopic (exact) mass is 349 g/mol. The van der Waals surface area contributed by atoms with Crippen molar-refractivity contribution in [3.63, 3.8) is 0 Å². The molecule has 3 aromatic rings. The van der Waals surface area contributed by atoms with Gasteiger partial charge in [-0.2, -0.15) is 0 Å². The molecule has 126 valence electrons. The van der Waals surface area contributed by atoms with Crippen molar-refractivity contribution in [1.82, 2.24) is 0 Å². The number of nitrogens with zero attached hydrogens (tertiary/aromatic N) is 1. The maximum atomic E-state index is 14.2. The zero-order chi connectivity index (χ0) is 18.0. The van der Waals surface area contributed by atoms with Crippen LogP contribution in [-0.4, -0.2) is 13.0 Å². The second-order valence-electron chi connectivity index (χ2n) is 5.67. The molecule has 1 aliphatic rings. The second-order valence-corrected chi connectivity index (χ2v) is 5.67. The first-order valence-corrected chi connectivity index (χ1v) is 7.20. The fourth-order valence-corrected chi connectivity index (χ4v) is 3.20. The van der Waals surface area contributed by atoms with Crippen molar-refractivity contribution in [2.45, 2.75) is 0 Å². The Bertz CT molecular complexity index is 1060. The molecule has 0 radical (unpaired) electrons.